The smallest absolute Gasteiger partial charge is 0.204 e. The molecule has 1 aromatic rings. The Kier molecular flexibility index (Phi) is 2.43. The Morgan fingerprint density at radius 2 is 2.25 bits per heavy atom. The number of hydrogen-bond donors (Lipinski definition) is 0. The van der Waals surface area contributed by atoms with Crippen molar-refractivity contribution in [2.24, 2.45) is 7.05 Å². The lowest BCUT2D eigenvalue weighted by molar-refractivity contribution is 0.101. The van der Waals surface area contributed by atoms with Gasteiger partial charge in [-0.15, -0.1) is 0 Å². The minimum Gasteiger partial charge on any atom is -0.345 e. The van der Waals surface area contributed by atoms with Crippen LogP contribution >= 0.6 is 0 Å². The SMILES string of the molecule is CC(=O)c1ccc(C[C]=O)n1C. The van der Waals surface area contributed by atoms with E-state index in [2.05, 4.69) is 0 Å². The largest absolute Gasteiger partial charge is 0.345 e. The van der Waals surface area contributed by atoms with Crippen molar-refractivity contribution in [3.8, 4) is 0 Å². The van der Waals surface area contributed by atoms with Crippen LogP contribution in [0.3, 0.4) is 0 Å². The molecule has 0 fully saturated rings. The first-order valence-corrected chi connectivity index (χ1v) is 3.67. The molecule has 0 bridgehead atoms. The number of rotatable bonds is 3. The highest BCUT2D eigenvalue weighted by Crippen LogP contribution is 2.07. The molecule has 3 nitrogen and oxygen atoms in total. The molecule has 1 aromatic heterocycles. The molecule has 0 atom stereocenters. The maximum absolute atomic E-state index is 11.0. The Morgan fingerprint density at radius 1 is 1.58 bits per heavy atom. The number of carbonyl (C=O) groups is 1. The minimum atomic E-state index is 0.00893. The summed E-state index contributed by atoms with van der Waals surface area (Å²) in [6.45, 7) is 1.50. The van der Waals surface area contributed by atoms with Gasteiger partial charge in [0.05, 0.1) is 12.1 Å². The van der Waals surface area contributed by atoms with Gasteiger partial charge in [0.15, 0.2) is 5.78 Å². The highest BCUT2D eigenvalue weighted by atomic mass is 16.1. The van der Waals surface area contributed by atoms with E-state index in [1.807, 2.05) is 0 Å². The summed E-state index contributed by atoms with van der Waals surface area (Å²) < 4.78 is 1.72. The van der Waals surface area contributed by atoms with Gasteiger partial charge < -0.3 is 4.57 Å². The molecule has 0 saturated carbocycles. The summed E-state index contributed by atoms with van der Waals surface area (Å²) in [6, 6.07) is 3.48. The van der Waals surface area contributed by atoms with Crippen molar-refractivity contribution < 1.29 is 9.59 Å². The molecule has 0 spiro atoms. The third-order valence-electron chi connectivity index (χ3n) is 1.84. The van der Waals surface area contributed by atoms with Gasteiger partial charge in [-0.1, -0.05) is 0 Å². The molecular formula is C9H10NO2. The molecule has 0 unspecified atom stereocenters. The Hall–Kier alpha value is -1.38. The third-order valence-corrected chi connectivity index (χ3v) is 1.84. The van der Waals surface area contributed by atoms with Gasteiger partial charge in [-0.3, -0.25) is 9.59 Å². The molecule has 0 aromatic carbocycles. The molecular weight excluding hydrogens is 154 g/mol. The molecule has 0 N–H and O–H groups in total. The summed E-state index contributed by atoms with van der Waals surface area (Å²) >= 11 is 0. The molecule has 12 heavy (non-hydrogen) atoms. The molecule has 63 valence electrons. The minimum absolute atomic E-state index is 0.00893. The highest BCUT2D eigenvalue weighted by Gasteiger charge is 2.07. The van der Waals surface area contributed by atoms with Gasteiger partial charge in [-0.05, 0) is 12.1 Å². The molecule has 1 radical (unpaired) electrons. The first-order chi connectivity index (χ1) is 5.66. The Balaban J connectivity index is 3.03. The van der Waals surface area contributed by atoms with Crippen LogP contribution in [0.1, 0.15) is 23.1 Å². The fraction of sp³-hybridized carbons (Fsp3) is 0.333. The predicted molar refractivity (Wildman–Crippen MR) is 44.8 cm³/mol. The van der Waals surface area contributed by atoms with E-state index in [4.69, 9.17) is 0 Å². The first kappa shape index (κ1) is 8.71. The summed E-state index contributed by atoms with van der Waals surface area (Å²) in [5, 5.41) is 0. The maximum Gasteiger partial charge on any atom is 0.204 e. The number of nitrogens with zero attached hydrogens (tertiary/aromatic N) is 1. The molecule has 0 aliphatic heterocycles. The van der Waals surface area contributed by atoms with Crippen LogP contribution in [0.4, 0.5) is 0 Å². The Labute approximate surface area is 71.0 Å². The quantitative estimate of drug-likeness (QED) is 0.622. The zero-order valence-electron chi connectivity index (χ0n) is 7.13. The predicted octanol–water partition coefficient (Wildman–Crippen LogP) is 0.880. The van der Waals surface area contributed by atoms with Gasteiger partial charge in [0, 0.05) is 19.7 Å². The van der Waals surface area contributed by atoms with Crippen molar-refractivity contribution in [1.82, 2.24) is 4.57 Å². The standard InChI is InChI=1S/C9H10NO2/c1-7(12)9-4-3-8(5-6-11)10(9)2/h3-4H,5H2,1-2H3. The molecule has 0 aliphatic rings. The highest BCUT2D eigenvalue weighted by molar-refractivity contribution is 5.92. The monoisotopic (exact) mass is 164 g/mol. The summed E-state index contributed by atoms with van der Waals surface area (Å²) in [4.78, 5) is 21.0. The van der Waals surface area contributed by atoms with E-state index in [0.29, 0.717) is 5.69 Å². The molecule has 0 aliphatic carbocycles. The summed E-state index contributed by atoms with van der Waals surface area (Å²) in [7, 11) is 1.77. The second-order valence-electron chi connectivity index (χ2n) is 2.65. The average Bonchev–Trinajstić information content (AvgIpc) is 2.34. The normalized spacial score (nSPS) is 9.83. The van der Waals surface area contributed by atoms with Crippen LogP contribution in [0.15, 0.2) is 12.1 Å². The van der Waals surface area contributed by atoms with Crippen molar-refractivity contribution in [2.75, 3.05) is 0 Å². The molecule has 1 rings (SSSR count). The van der Waals surface area contributed by atoms with E-state index in [0.717, 1.165) is 5.69 Å². The third kappa shape index (κ3) is 1.44. The summed E-state index contributed by atoms with van der Waals surface area (Å²) in [5.41, 5.74) is 1.44. The topological polar surface area (TPSA) is 39.1 Å². The first-order valence-electron chi connectivity index (χ1n) is 3.67. The Morgan fingerprint density at radius 3 is 2.67 bits per heavy atom. The van der Waals surface area contributed by atoms with Crippen LogP contribution in [-0.4, -0.2) is 16.6 Å². The molecule has 0 saturated heterocycles. The van der Waals surface area contributed by atoms with E-state index in [1.54, 1.807) is 30.0 Å². The fourth-order valence-corrected chi connectivity index (χ4v) is 1.16. The molecule has 0 amide bonds. The van der Waals surface area contributed by atoms with Gasteiger partial charge >= 0.3 is 0 Å². The second-order valence-corrected chi connectivity index (χ2v) is 2.65. The van der Waals surface area contributed by atoms with Crippen LogP contribution in [0.25, 0.3) is 0 Å². The van der Waals surface area contributed by atoms with Gasteiger partial charge in [-0.2, -0.15) is 0 Å². The van der Waals surface area contributed by atoms with Crippen molar-refractivity contribution in [3.63, 3.8) is 0 Å². The summed E-state index contributed by atoms with van der Waals surface area (Å²) in [6.07, 6.45) is 2.03. The van der Waals surface area contributed by atoms with Crippen molar-refractivity contribution >= 4 is 12.1 Å². The van der Waals surface area contributed by atoms with E-state index in [-0.39, 0.29) is 12.2 Å². The van der Waals surface area contributed by atoms with Gasteiger partial charge in [0.1, 0.15) is 0 Å². The van der Waals surface area contributed by atoms with Crippen LogP contribution in [-0.2, 0) is 18.3 Å². The van der Waals surface area contributed by atoms with Gasteiger partial charge in [-0.25, -0.2) is 0 Å². The second kappa shape index (κ2) is 3.34. The number of hydrogen-bond acceptors (Lipinski definition) is 2. The number of ketones is 1. The van der Waals surface area contributed by atoms with Crippen molar-refractivity contribution in [2.45, 2.75) is 13.3 Å². The van der Waals surface area contributed by atoms with Gasteiger partial charge in [0.25, 0.3) is 0 Å². The van der Waals surface area contributed by atoms with Crippen molar-refractivity contribution in [3.05, 3.63) is 23.5 Å². The van der Waals surface area contributed by atoms with E-state index >= 15 is 0 Å². The molecule has 1 heterocycles. The lowest BCUT2D eigenvalue weighted by Crippen LogP contribution is -2.05. The fourth-order valence-electron chi connectivity index (χ4n) is 1.16. The van der Waals surface area contributed by atoms with Crippen LogP contribution < -0.4 is 0 Å². The van der Waals surface area contributed by atoms with E-state index in [1.165, 1.54) is 6.92 Å². The van der Waals surface area contributed by atoms with Crippen LogP contribution in [0.5, 0.6) is 0 Å². The number of carbonyl (C=O) groups excluding carboxylic acids is 2. The number of aromatic nitrogens is 1. The number of Topliss-reactive ketones (excluding diaryl/α,β-unsaturated/α-hetero) is 1. The molecule has 3 heteroatoms. The van der Waals surface area contributed by atoms with E-state index in [9.17, 15) is 9.59 Å². The lowest BCUT2D eigenvalue weighted by atomic mass is 10.3. The maximum atomic E-state index is 11.0. The Bertz CT molecular complexity index is 312. The average molecular weight is 164 g/mol. The summed E-state index contributed by atoms with van der Waals surface area (Å²) in [5.74, 6) is 0.00893. The van der Waals surface area contributed by atoms with Crippen LogP contribution in [0.2, 0.25) is 0 Å². The van der Waals surface area contributed by atoms with E-state index < -0.39 is 0 Å². The zero-order valence-corrected chi connectivity index (χ0v) is 7.13. The van der Waals surface area contributed by atoms with Crippen molar-refractivity contribution in [1.29, 1.82) is 0 Å². The van der Waals surface area contributed by atoms with Gasteiger partial charge in [0.2, 0.25) is 6.29 Å². The zero-order chi connectivity index (χ0) is 9.14. The van der Waals surface area contributed by atoms with Crippen LogP contribution in [0, 0.1) is 0 Å². The lowest BCUT2D eigenvalue weighted by Gasteiger charge is -2.01.